The monoisotopic (exact) mass is 493 g/mol. The number of aromatic nitrogens is 1. The van der Waals surface area contributed by atoms with Crippen molar-refractivity contribution in [3.8, 4) is 0 Å². The van der Waals surface area contributed by atoms with E-state index in [1.807, 2.05) is 34.1 Å². The molecule has 1 aromatic heterocycles. The number of imide groups is 1. The number of nitrogens with zero attached hydrogens (tertiary/aromatic N) is 4. The number of hydrogen-bond donors (Lipinski definition) is 1. The lowest BCUT2D eigenvalue weighted by Gasteiger charge is -2.37. The van der Waals surface area contributed by atoms with Crippen molar-refractivity contribution in [3.05, 3.63) is 58.2 Å². The minimum Gasteiger partial charge on any atom is -0.353 e. The lowest BCUT2D eigenvalue weighted by molar-refractivity contribution is -0.138. The van der Waals surface area contributed by atoms with Crippen molar-refractivity contribution >= 4 is 29.4 Å². The number of amides is 3. The normalized spacial score (nSPS) is 23.4. The molecular formula is C23H23ClF3N5O2. The molecule has 3 heterocycles. The van der Waals surface area contributed by atoms with Crippen LogP contribution in [0.3, 0.4) is 0 Å². The number of aryl methyl sites for hydroxylation is 1. The van der Waals surface area contributed by atoms with Crippen LogP contribution < -0.4 is 10.2 Å². The van der Waals surface area contributed by atoms with Gasteiger partial charge in [-0.1, -0.05) is 35.9 Å². The van der Waals surface area contributed by atoms with E-state index in [9.17, 15) is 22.8 Å². The molecule has 0 saturated carbocycles. The number of fused-ring (bicyclic) bond motifs is 2. The number of hydrogen-bond acceptors (Lipinski definition) is 5. The fraction of sp³-hybridized carbons (Fsp3) is 0.435. The molecule has 0 bridgehead atoms. The van der Waals surface area contributed by atoms with Crippen molar-refractivity contribution < 1.29 is 22.8 Å². The summed E-state index contributed by atoms with van der Waals surface area (Å²) in [6.07, 6.45) is -1.47. The van der Waals surface area contributed by atoms with Crippen molar-refractivity contribution in [1.29, 1.82) is 0 Å². The Kier molecular flexibility index (Phi) is 5.68. The third-order valence-corrected chi connectivity index (χ3v) is 7.09. The molecule has 3 amide bonds. The molecule has 3 aliphatic rings. The van der Waals surface area contributed by atoms with Gasteiger partial charge < -0.3 is 10.2 Å². The zero-order valence-electron chi connectivity index (χ0n) is 18.2. The third kappa shape index (κ3) is 3.88. The highest BCUT2D eigenvalue weighted by atomic mass is 35.5. The van der Waals surface area contributed by atoms with E-state index in [1.165, 1.54) is 4.90 Å². The molecule has 1 aromatic carbocycles. The molecule has 1 atom stereocenters. The number of urea groups is 1. The molecule has 5 rings (SSSR count). The number of piperazine rings is 1. The summed E-state index contributed by atoms with van der Waals surface area (Å²) in [6.45, 7) is 2.06. The molecule has 34 heavy (non-hydrogen) atoms. The Morgan fingerprint density at radius 1 is 1.12 bits per heavy atom. The maximum Gasteiger partial charge on any atom is 0.417 e. The lowest BCUT2D eigenvalue weighted by atomic mass is 9.76. The molecule has 180 valence electrons. The van der Waals surface area contributed by atoms with Gasteiger partial charge in [0.05, 0.1) is 17.3 Å². The van der Waals surface area contributed by atoms with Gasteiger partial charge in [-0.2, -0.15) is 13.2 Å². The fourth-order valence-electron chi connectivity index (χ4n) is 5.06. The maximum atomic E-state index is 13.5. The van der Waals surface area contributed by atoms with Crippen LogP contribution in [-0.2, 0) is 22.9 Å². The second kappa shape index (κ2) is 8.42. The van der Waals surface area contributed by atoms with E-state index in [-0.39, 0.29) is 17.6 Å². The van der Waals surface area contributed by atoms with Gasteiger partial charge in [0, 0.05) is 32.4 Å². The number of carbonyl (C=O) groups excluding carboxylic acids is 2. The molecule has 1 spiro atoms. The Balaban J connectivity index is 1.25. The van der Waals surface area contributed by atoms with E-state index in [4.69, 9.17) is 11.6 Å². The molecule has 1 unspecified atom stereocenters. The van der Waals surface area contributed by atoms with Gasteiger partial charge in [0.1, 0.15) is 11.4 Å². The zero-order chi connectivity index (χ0) is 24.1. The molecule has 7 nitrogen and oxygen atoms in total. The Morgan fingerprint density at radius 2 is 1.85 bits per heavy atom. The summed E-state index contributed by atoms with van der Waals surface area (Å²) in [5, 5.41) is 2.90. The number of benzene rings is 1. The van der Waals surface area contributed by atoms with Crippen LogP contribution in [0, 0.1) is 0 Å². The van der Waals surface area contributed by atoms with Gasteiger partial charge in [0.25, 0.3) is 5.91 Å². The second-order valence-corrected chi connectivity index (χ2v) is 9.26. The van der Waals surface area contributed by atoms with E-state index in [2.05, 4.69) is 10.3 Å². The van der Waals surface area contributed by atoms with Crippen molar-refractivity contribution in [1.82, 2.24) is 20.1 Å². The number of rotatable bonds is 3. The van der Waals surface area contributed by atoms with Crippen molar-refractivity contribution in [2.45, 2.75) is 31.0 Å². The second-order valence-electron chi connectivity index (χ2n) is 8.85. The first-order valence-electron chi connectivity index (χ1n) is 11.1. The minimum absolute atomic E-state index is 0.0599. The van der Waals surface area contributed by atoms with Crippen molar-refractivity contribution in [3.63, 3.8) is 0 Å². The van der Waals surface area contributed by atoms with Gasteiger partial charge >= 0.3 is 12.2 Å². The largest absolute Gasteiger partial charge is 0.417 e. The summed E-state index contributed by atoms with van der Waals surface area (Å²) in [5.41, 5.74) is 0.0520. The first-order chi connectivity index (χ1) is 16.2. The predicted octanol–water partition coefficient (Wildman–Crippen LogP) is 3.62. The zero-order valence-corrected chi connectivity index (χ0v) is 19.0. The van der Waals surface area contributed by atoms with E-state index in [0.717, 1.165) is 36.2 Å². The minimum atomic E-state index is -4.51. The van der Waals surface area contributed by atoms with Crippen LogP contribution in [0.4, 0.5) is 23.8 Å². The number of alkyl halides is 3. The molecule has 2 aromatic rings. The lowest BCUT2D eigenvalue weighted by Crippen LogP contribution is -2.52. The van der Waals surface area contributed by atoms with Crippen LogP contribution in [0.5, 0.6) is 0 Å². The number of nitrogens with one attached hydrogen (secondary N) is 1. The van der Waals surface area contributed by atoms with E-state index < -0.39 is 23.3 Å². The highest BCUT2D eigenvalue weighted by Gasteiger charge is 2.54. The average Bonchev–Trinajstić information content (AvgIpc) is 3.04. The summed E-state index contributed by atoms with van der Waals surface area (Å²) < 4.78 is 38.6. The molecule has 1 N–H and O–H groups in total. The number of anilines is 1. The smallest absolute Gasteiger partial charge is 0.353 e. The Morgan fingerprint density at radius 3 is 2.56 bits per heavy atom. The molecular weight excluding hydrogens is 471 g/mol. The summed E-state index contributed by atoms with van der Waals surface area (Å²) in [6, 6.07) is 8.21. The molecule has 2 saturated heterocycles. The topological polar surface area (TPSA) is 68.8 Å². The Hall–Kier alpha value is -2.85. The molecule has 2 fully saturated rings. The molecule has 11 heteroatoms. The summed E-state index contributed by atoms with van der Waals surface area (Å²) in [7, 11) is 0. The summed E-state index contributed by atoms with van der Waals surface area (Å²) in [4.78, 5) is 35.3. The number of pyridine rings is 1. The van der Waals surface area contributed by atoms with Gasteiger partial charge in [-0.25, -0.2) is 14.7 Å². The van der Waals surface area contributed by atoms with Crippen LogP contribution in [0.2, 0.25) is 5.02 Å². The van der Waals surface area contributed by atoms with Crippen molar-refractivity contribution in [2.24, 2.45) is 0 Å². The van der Waals surface area contributed by atoms with Crippen molar-refractivity contribution in [2.75, 3.05) is 37.7 Å². The standard InChI is InChI=1S/C23H23ClF3N5O2/c24-18-12-16(23(25,26)27)13-28-19(18)31-10-8-30(9-11-31)14-32-20(33)22(29-21(32)34)7-3-5-15-4-1-2-6-17(15)22/h1-2,4,6,12-13H,3,5,7-11,14H2,(H,29,34). The fourth-order valence-corrected chi connectivity index (χ4v) is 5.35. The van der Waals surface area contributed by atoms with Crippen LogP contribution in [-0.4, -0.2) is 59.6 Å². The SMILES string of the molecule is O=C1NC2(CCCc3ccccc32)C(=O)N1CN1CCN(c2ncc(C(F)(F)F)cc2Cl)CC1. The maximum absolute atomic E-state index is 13.5. The molecule has 2 aliphatic heterocycles. The summed E-state index contributed by atoms with van der Waals surface area (Å²) >= 11 is 6.08. The molecule has 0 radical (unpaired) electrons. The van der Waals surface area contributed by atoms with Gasteiger partial charge in [-0.3, -0.25) is 9.69 Å². The molecule has 1 aliphatic carbocycles. The predicted molar refractivity (Wildman–Crippen MR) is 119 cm³/mol. The van der Waals surface area contributed by atoms with Gasteiger partial charge in [-0.15, -0.1) is 0 Å². The van der Waals surface area contributed by atoms with Gasteiger partial charge in [0.15, 0.2) is 0 Å². The third-order valence-electron chi connectivity index (χ3n) is 6.81. The van der Waals surface area contributed by atoms with Crippen LogP contribution in [0.25, 0.3) is 0 Å². The number of halogens is 4. The summed E-state index contributed by atoms with van der Waals surface area (Å²) in [5.74, 6) is 0.0570. The van der Waals surface area contributed by atoms with E-state index >= 15 is 0 Å². The van der Waals surface area contributed by atoms with E-state index in [0.29, 0.717) is 38.4 Å². The van der Waals surface area contributed by atoms with Gasteiger partial charge in [-0.05, 0) is 36.5 Å². The first kappa shape index (κ1) is 22.9. The number of carbonyl (C=O) groups is 2. The van der Waals surface area contributed by atoms with Gasteiger partial charge in [0.2, 0.25) is 0 Å². The Bertz CT molecular complexity index is 1140. The van der Waals surface area contributed by atoms with Crippen LogP contribution in [0.1, 0.15) is 29.5 Å². The Labute approximate surface area is 199 Å². The van der Waals surface area contributed by atoms with Crippen LogP contribution >= 0.6 is 11.6 Å². The van der Waals surface area contributed by atoms with Crippen LogP contribution in [0.15, 0.2) is 36.5 Å². The first-order valence-corrected chi connectivity index (χ1v) is 11.5. The van der Waals surface area contributed by atoms with E-state index in [1.54, 1.807) is 0 Å². The highest BCUT2D eigenvalue weighted by Crippen LogP contribution is 2.40. The highest BCUT2D eigenvalue weighted by molar-refractivity contribution is 6.33. The quantitative estimate of drug-likeness (QED) is 0.662. The average molecular weight is 494 g/mol.